The average molecular weight is 626 g/mol. The van der Waals surface area contributed by atoms with Crippen molar-refractivity contribution in [1.82, 2.24) is 5.32 Å². The fraction of sp³-hybridized carbons (Fsp3) is 0.114. The van der Waals surface area contributed by atoms with Gasteiger partial charge in [0.2, 0.25) is 0 Å². The molecule has 5 aromatic rings. The number of benzene rings is 5. The highest BCUT2D eigenvalue weighted by molar-refractivity contribution is 5.95. The van der Waals surface area contributed by atoms with Crippen LogP contribution in [0.1, 0.15) is 38.2 Å². The lowest BCUT2D eigenvalue weighted by Crippen LogP contribution is -2.49. The van der Waals surface area contributed by atoms with Crippen LogP contribution in [0.15, 0.2) is 121 Å². The molecule has 0 aliphatic carbocycles. The third kappa shape index (κ3) is 6.90. The Kier molecular flexibility index (Phi) is 8.51. The molecule has 1 atom stereocenters. The Bertz CT molecular complexity index is 1800. The van der Waals surface area contributed by atoms with E-state index < -0.39 is 52.1 Å². The first kappa shape index (κ1) is 31.4. The van der Waals surface area contributed by atoms with Crippen LogP contribution in [0.25, 0.3) is 11.1 Å². The van der Waals surface area contributed by atoms with Crippen molar-refractivity contribution in [2.45, 2.75) is 24.3 Å². The summed E-state index contributed by atoms with van der Waals surface area (Å²) in [5, 5.41) is 2.63. The van der Waals surface area contributed by atoms with Gasteiger partial charge >= 0.3 is 12.4 Å². The summed E-state index contributed by atoms with van der Waals surface area (Å²) >= 11 is 0. The second-order valence-electron chi connectivity index (χ2n) is 10.4. The molecular weight excluding hydrogens is 602 g/mol. The van der Waals surface area contributed by atoms with Gasteiger partial charge in [-0.1, -0.05) is 84.9 Å². The maximum absolute atomic E-state index is 14.9. The lowest BCUT2D eigenvalue weighted by atomic mass is 9.76. The number of rotatable bonds is 7. The summed E-state index contributed by atoms with van der Waals surface area (Å²) in [6, 6.07) is 27.3. The van der Waals surface area contributed by atoms with Crippen LogP contribution in [0.3, 0.4) is 0 Å². The van der Waals surface area contributed by atoms with Crippen LogP contribution in [0.4, 0.5) is 35.1 Å². The maximum atomic E-state index is 14.9. The van der Waals surface area contributed by atoms with Gasteiger partial charge in [0.25, 0.3) is 5.91 Å². The molecule has 0 saturated heterocycles. The molecule has 0 radical (unpaired) electrons. The highest BCUT2D eigenvalue weighted by Crippen LogP contribution is 2.39. The maximum Gasteiger partial charge on any atom is 0.419 e. The Morgan fingerprint density at radius 3 is 1.76 bits per heavy atom. The van der Waals surface area contributed by atoms with Crippen molar-refractivity contribution in [1.29, 1.82) is 0 Å². The van der Waals surface area contributed by atoms with E-state index >= 15 is 0 Å². The lowest BCUT2D eigenvalue weighted by molar-refractivity contribution is -0.140. The molecule has 0 aliphatic heterocycles. The Balaban J connectivity index is 1.74. The minimum Gasteiger partial charge on any atom is -0.338 e. The Morgan fingerprint density at radius 1 is 0.578 bits per heavy atom. The number of carbonyl (C=O) groups is 1. The summed E-state index contributed by atoms with van der Waals surface area (Å²) in [4.78, 5) is 13.7. The van der Waals surface area contributed by atoms with E-state index in [-0.39, 0.29) is 17.5 Å². The van der Waals surface area contributed by atoms with Gasteiger partial charge in [-0.2, -0.15) is 26.3 Å². The molecule has 2 nitrogen and oxygen atoms in total. The van der Waals surface area contributed by atoms with Gasteiger partial charge in [-0.15, -0.1) is 0 Å². The first-order valence-corrected chi connectivity index (χ1v) is 13.5. The van der Waals surface area contributed by atoms with Gasteiger partial charge in [0.05, 0.1) is 16.7 Å². The quantitative estimate of drug-likeness (QED) is 0.179. The average Bonchev–Trinajstić information content (AvgIpc) is 3.00. The highest BCUT2D eigenvalue weighted by Gasteiger charge is 2.41. The normalized spacial score (nSPS) is 13.2. The van der Waals surface area contributed by atoms with Gasteiger partial charge in [-0.25, -0.2) is 8.78 Å². The minimum absolute atomic E-state index is 0.219. The summed E-state index contributed by atoms with van der Waals surface area (Å²) < 4.78 is 111. The summed E-state index contributed by atoms with van der Waals surface area (Å²) in [6.07, 6.45) is -10.3. The fourth-order valence-corrected chi connectivity index (χ4v) is 5.19. The van der Waals surface area contributed by atoms with Gasteiger partial charge in [0.15, 0.2) is 0 Å². The third-order valence-corrected chi connectivity index (χ3v) is 7.38. The second-order valence-corrected chi connectivity index (χ2v) is 10.4. The first-order valence-electron chi connectivity index (χ1n) is 13.5. The monoisotopic (exact) mass is 625 g/mol. The molecule has 0 heterocycles. The zero-order chi connectivity index (χ0) is 32.4. The van der Waals surface area contributed by atoms with Crippen molar-refractivity contribution < 1.29 is 39.9 Å². The molecule has 5 aromatic carbocycles. The van der Waals surface area contributed by atoms with E-state index in [0.29, 0.717) is 29.8 Å². The van der Waals surface area contributed by atoms with Crippen molar-refractivity contribution >= 4 is 5.91 Å². The molecule has 10 heteroatoms. The lowest BCUT2D eigenvalue weighted by Gasteiger charge is -2.37. The summed E-state index contributed by atoms with van der Waals surface area (Å²) in [7, 11) is 0. The molecule has 45 heavy (non-hydrogen) atoms. The van der Waals surface area contributed by atoms with Crippen molar-refractivity contribution in [3.8, 4) is 11.1 Å². The summed E-state index contributed by atoms with van der Waals surface area (Å²) in [5.74, 6) is -4.00. The molecule has 0 fully saturated rings. The van der Waals surface area contributed by atoms with Crippen molar-refractivity contribution in [3.63, 3.8) is 0 Å². The number of carbonyl (C=O) groups excluding carboxylic acids is 1. The van der Waals surface area contributed by atoms with E-state index in [9.17, 15) is 39.9 Å². The van der Waals surface area contributed by atoms with Crippen LogP contribution in [0, 0.1) is 11.6 Å². The van der Waals surface area contributed by atoms with Crippen LogP contribution in [0.5, 0.6) is 0 Å². The second kappa shape index (κ2) is 12.2. The van der Waals surface area contributed by atoms with E-state index in [1.807, 2.05) is 30.3 Å². The van der Waals surface area contributed by atoms with Crippen LogP contribution in [-0.4, -0.2) is 5.91 Å². The van der Waals surface area contributed by atoms with E-state index in [0.717, 1.165) is 23.3 Å². The zero-order valence-corrected chi connectivity index (χ0v) is 23.2. The minimum atomic E-state index is -5.13. The molecule has 1 unspecified atom stereocenters. The Hall–Kier alpha value is -4.99. The van der Waals surface area contributed by atoms with Crippen LogP contribution in [-0.2, 0) is 24.3 Å². The van der Waals surface area contributed by atoms with Crippen molar-refractivity contribution in [3.05, 3.63) is 166 Å². The molecule has 0 aliphatic rings. The van der Waals surface area contributed by atoms with Crippen LogP contribution < -0.4 is 5.32 Å². The van der Waals surface area contributed by atoms with Gasteiger partial charge < -0.3 is 5.32 Å². The van der Waals surface area contributed by atoms with E-state index in [2.05, 4.69) is 5.32 Å². The smallest absolute Gasteiger partial charge is 0.338 e. The SMILES string of the molecule is O=C(NC(Cc1ccccc1)(c1ccc(-c2ccccc2)cc1)c1cc(F)cc(C(F)(F)F)c1)c1ccc(F)c(C(F)(F)F)c1. The topological polar surface area (TPSA) is 29.1 Å². The van der Waals surface area contributed by atoms with Gasteiger partial charge in [0, 0.05) is 12.0 Å². The van der Waals surface area contributed by atoms with Gasteiger partial charge in [-0.3, -0.25) is 4.79 Å². The molecule has 230 valence electrons. The van der Waals surface area contributed by atoms with Crippen LogP contribution in [0.2, 0.25) is 0 Å². The molecule has 0 saturated carbocycles. The molecule has 0 aromatic heterocycles. The standard InChI is InChI=1S/C35H23F8NO/c36-29-19-27(18-28(20-29)34(38,39)40)33(21-22-7-3-1-4-8-22,26-14-11-24(12-15-26)23-9-5-2-6-10-23)44-32(45)25-13-16-31(37)30(17-25)35(41,42)43/h1-20H,21H2,(H,44,45). The molecule has 1 N–H and O–H groups in total. The molecular formula is C35H23F8NO. The highest BCUT2D eigenvalue weighted by atomic mass is 19.4. The summed E-state index contributed by atoms with van der Waals surface area (Å²) in [6.45, 7) is 0. The predicted octanol–water partition coefficient (Wildman–Crippen LogP) is 9.59. The third-order valence-electron chi connectivity index (χ3n) is 7.38. The molecule has 1 amide bonds. The van der Waals surface area contributed by atoms with E-state index in [1.165, 1.54) is 0 Å². The molecule has 0 bridgehead atoms. The number of hydrogen-bond acceptors (Lipinski definition) is 1. The Labute approximate surface area is 253 Å². The van der Waals surface area contributed by atoms with E-state index in [1.54, 1.807) is 54.6 Å². The largest absolute Gasteiger partial charge is 0.419 e. The molecule has 0 spiro atoms. The number of halogens is 8. The van der Waals surface area contributed by atoms with Gasteiger partial charge in [-0.05, 0) is 64.2 Å². The first-order chi connectivity index (χ1) is 21.3. The number of alkyl halides is 6. The van der Waals surface area contributed by atoms with Crippen molar-refractivity contribution in [2.75, 3.05) is 0 Å². The fourth-order valence-electron chi connectivity index (χ4n) is 5.19. The zero-order valence-electron chi connectivity index (χ0n) is 23.2. The predicted molar refractivity (Wildman–Crippen MR) is 153 cm³/mol. The van der Waals surface area contributed by atoms with Crippen molar-refractivity contribution in [2.24, 2.45) is 0 Å². The van der Waals surface area contributed by atoms with E-state index in [4.69, 9.17) is 0 Å². The summed E-state index contributed by atoms with van der Waals surface area (Å²) in [5.41, 5.74) is -3.60. The van der Waals surface area contributed by atoms with Crippen LogP contribution >= 0.6 is 0 Å². The van der Waals surface area contributed by atoms with Gasteiger partial charge in [0.1, 0.15) is 11.6 Å². The number of amides is 1. The number of hydrogen-bond donors (Lipinski definition) is 1. The molecule has 5 rings (SSSR count). The Morgan fingerprint density at radius 2 is 1.16 bits per heavy atom. The number of nitrogens with one attached hydrogen (secondary N) is 1.